The number of nitrogens with zero attached hydrogens (tertiary/aromatic N) is 2. The Morgan fingerprint density at radius 1 is 1.71 bits per heavy atom. The number of primary amides is 1. The molecule has 0 spiro atoms. The minimum atomic E-state index is -0.544. The molecule has 0 bridgehead atoms. The second kappa shape index (κ2) is 5.11. The Morgan fingerprint density at radius 3 is 3.18 bits per heavy atom. The molecule has 0 fully saturated rings. The van der Waals surface area contributed by atoms with Gasteiger partial charge < -0.3 is 11.1 Å². The molecule has 90 valence electrons. The van der Waals surface area contributed by atoms with Crippen LogP contribution in [0.5, 0.6) is 0 Å². The smallest absolute Gasteiger partial charge is 0.312 e. The van der Waals surface area contributed by atoms with E-state index in [-0.39, 0.29) is 0 Å². The molecule has 0 radical (unpaired) electrons. The van der Waals surface area contributed by atoms with Gasteiger partial charge in [-0.3, -0.25) is 9.67 Å². The topological polar surface area (TPSA) is 88.7 Å². The number of carbonyl (C=O) groups excluding carboxylic acids is 1. The second-order valence-electron chi connectivity index (χ2n) is 3.27. The number of rotatable bonds is 4. The highest BCUT2D eigenvalue weighted by Gasteiger charge is 2.09. The van der Waals surface area contributed by atoms with E-state index in [0.717, 1.165) is 10.7 Å². The maximum Gasteiger partial charge on any atom is 0.312 e. The molecule has 0 aliphatic rings. The van der Waals surface area contributed by atoms with Crippen molar-refractivity contribution in [3.8, 4) is 10.7 Å². The summed E-state index contributed by atoms with van der Waals surface area (Å²) < 4.78 is 2.36. The van der Waals surface area contributed by atoms with Gasteiger partial charge in [-0.2, -0.15) is 5.10 Å². The first-order valence-corrected chi connectivity index (χ1v) is 6.19. The number of hydrogen-bond donors (Lipinski definition) is 3. The van der Waals surface area contributed by atoms with Crippen molar-refractivity contribution in [1.29, 1.82) is 0 Å². The van der Waals surface area contributed by atoms with Crippen LogP contribution in [0, 0.1) is 4.77 Å². The summed E-state index contributed by atoms with van der Waals surface area (Å²) in [4.78, 5) is 11.6. The highest BCUT2D eigenvalue weighted by Crippen LogP contribution is 2.22. The highest BCUT2D eigenvalue weighted by atomic mass is 32.1. The van der Waals surface area contributed by atoms with Crippen molar-refractivity contribution >= 4 is 29.6 Å². The fourth-order valence-corrected chi connectivity index (χ4v) is 2.36. The highest BCUT2D eigenvalue weighted by molar-refractivity contribution is 7.71. The zero-order valence-corrected chi connectivity index (χ0v) is 10.5. The lowest BCUT2D eigenvalue weighted by Gasteiger charge is -2.05. The molecule has 0 saturated heterocycles. The average molecular weight is 269 g/mol. The summed E-state index contributed by atoms with van der Waals surface area (Å²) in [5, 5.41) is 11.4. The first kappa shape index (κ1) is 11.8. The molecule has 0 aliphatic carbocycles. The van der Waals surface area contributed by atoms with Crippen LogP contribution < -0.4 is 11.1 Å². The number of hydrogen-bond acceptors (Lipinski definition) is 4. The molecular weight excluding hydrogens is 258 g/mol. The third-order valence-corrected chi connectivity index (χ3v) is 3.31. The second-order valence-corrected chi connectivity index (χ2v) is 4.61. The molecule has 0 aliphatic heterocycles. The van der Waals surface area contributed by atoms with Crippen molar-refractivity contribution in [2.45, 2.75) is 6.54 Å². The molecule has 0 saturated carbocycles. The van der Waals surface area contributed by atoms with Crippen molar-refractivity contribution in [3.05, 3.63) is 22.3 Å². The van der Waals surface area contributed by atoms with Gasteiger partial charge in [-0.15, -0.1) is 11.3 Å². The van der Waals surface area contributed by atoms with Crippen LogP contribution in [-0.2, 0) is 6.54 Å². The summed E-state index contributed by atoms with van der Waals surface area (Å²) in [7, 11) is 0. The predicted octanol–water partition coefficient (Wildman–Crippen LogP) is 1.34. The predicted molar refractivity (Wildman–Crippen MR) is 68.3 cm³/mol. The molecule has 0 aromatic carbocycles. The van der Waals surface area contributed by atoms with Gasteiger partial charge in [-0.25, -0.2) is 4.79 Å². The number of aromatic nitrogens is 3. The van der Waals surface area contributed by atoms with Crippen molar-refractivity contribution in [1.82, 2.24) is 20.1 Å². The molecule has 0 unspecified atom stereocenters. The van der Waals surface area contributed by atoms with Gasteiger partial charge >= 0.3 is 6.03 Å². The van der Waals surface area contributed by atoms with Crippen LogP contribution in [0.1, 0.15) is 0 Å². The van der Waals surface area contributed by atoms with E-state index in [1.807, 2.05) is 22.1 Å². The molecule has 2 aromatic heterocycles. The van der Waals surface area contributed by atoms with E-state index < -0.39 is 6.03 Å². The van der Waals surface area contributed by atoms with Gasteiger partial charge in [0.15, 0.2) is 10.6 Å². The summed E-state index contributed by atoms with van der Waals surface area (Å²) in [6.45, 7) is 0.951. The summed E-state index contributed by atoms with van der Waals surface area (Å²) in [6, 6.07) is 3.37. The van der Waals surface area contributed by atoms with Crippen LogP contribution in [0.15, 0.2) is 17.5 Å². The van der Waals surface area contributed by atoms with Crippen molar-refractivity contribution in [3.63, 3.8) is 0 Å². The minimum absolute atomic E-state index is 0.418. The van der Waals surface area contributed by atoms with Gasteiger partial charge in [0, 0.05) is 13.1 Å². The standard InChI is InChI=1S/C9H11N5OS2/c10-8(15)11-3-4-14-7(12-13-9(14)16)6-2-1-5-17-6/h1-2,5H,3-4H2,(H,13,16)(H3,10,11,15). The van der Waals surface area contributed by atoms with Crippen LogP contribution >= 0.6 is 23.6 Å². The maximum atomic E-state index is 10.6. The van der Waals surface area contributed by atoms with E-state index in [1.165, 1.54) is 0 Å². The van der Waals surface area contributed by atoms with Crippen molar-refractivity contribution in [2.75, 3.05) is 6.54 Å². The van der Waals surface area contributed by atoms with Crippen molar-refractivity contribution in [2.24, 2.45) is 5.73 Å². The quantitative estimate of drug-likeness (QED) is 0.732. The lowest BCUT2D eigenvalue weighted by Crippen LogP contribution is -2.32. The first-order valence-electron chi connectivity index (χ1n) is 4.91. The SMILES string of the molecule is NC(=O)NCCn1c(-c2cccs2)n[nH]c1=S. The van der Waals surface area contributed by atoms with Gasteiger partial charge in [0.1, 0.15) is 0 Å². The Kier molecular flexibility index (Phi) is 3.55. The molecule has 0 atom stereocenters. The third kappa shape index (κ3) is 2.71. The molecule has 2 aromatic rings. The molecule has 2 heterocycles. The van der Waals surface area contributed by atoms with Crippen LogP contribution in [0.4, 0.5) is 4.79 Å². The van der Waals surface area contributed by atoms with E-state index in [1.54, 1.807) is 11.3 Å². The summed E-state index contributed by atoms with van der Waals surface area (Å²) in [6.07, 6.45) is 0. The normalized spacial score (nSPS) is 10.4. The third-order valence-electron chi connectivity index (χ3n) is 2.13. The fourth-order valence-electron chi connectivity index (χ4n) is 1.41. The Bertz CT molecular complexity index is 556. The first-order chi connectivity index (χ1) is 8.18. The Labute approximate surface area is 106 Å². The largest absolute Gasteiger partial charge is 0.352 e. The van der Waals surface area contributed by atoms with Crippen LogP contribution in [0.2, 0.25) is 0 Å². The van der Waals surface area contributed by atoms with Crippen LogP contribution in [-0.4, -0.2) is 27.3 Å². The Hall–Kier alpha value is -1.67. The molecule has 4 N–H and O–H groups in total. The molecular formula is C9H11N5OS2. The number of thiophene rings is 1. The number of amides is 2. The number of carbonyl (C=O) groups is 1. The average Bonchev–Trinajstić information content (AvgIpc) is 2.88. The number of urea groups is 1. The fraction of sp³-hybridized carbons (Fsp3) is 0.222. The van der Waals surface area contributed by atoms with Crippen LogP contribution in [0.3, 0.4) is 0 Å². The monoisotopic (exact) mass is 269 g/mol. The number of nitrogens with two attached hydrogens (primary N) is 1. The Balaban J connectivity index is 2.19. The minimum Gasteiger partial charge on any atom is -0.352 e. The van der Waals surface area contributed by atoms with Gasteiger partial charge in [0.05, 0.1) is 4.88 Å². The van der Waals surface area contributed by atoms with E-state index in [0.29, 0.717) is 17.9 Å². The summed E-state index contributed by atoms with van der Waals surface area (Å²) in [5.41, 5.74) is 5.00. The van der Waals surface area contributed by atoms with Gasteiger partial charge in [0.25, 0.3) is 0 Å². The van der Waals surface area contributed by atoms with Gasteiger partial charge in [-0.05, 0) is 23.7 Å². The number of aromatic amines is 1. The number of H-pyrrole nitrogens is 1. The van der Waals surface area contributed by atoms with E-state index >= 15 is 0 Å². The van der Waals surface area contributed by atoms with Gasteiger partial charge in [0.2, 0.25) is 0 Å². The van der Waals surface area contributed by atoms with E-state index in [2.05, 4.69) is 15.5 Å². The zero-order valence-electron chi connectivity index (χ0n) is 8.84. The molecule has 6 nitrogen and oxygen atoms in total. The lowest BCUT2D eigenvalue weighted by molar-refractivity contribution is 0.248. The summed E-state index contributed by atoms with van der Waals surface area (Å²) in [5.74, 6) is 0.774. The van der Waals surface area contributed by atoms with Crippen LogP contribution in [0.25, 0.3) is 10.7 Å². The zero-order chi connectivity index (χ0) is 12.3. The Morgan fingerprint density at radius 2 is 2.53 bits per heavy atom. The van der Waals surface area contributed by atoms with E-state index in [9.17, 15) is 4.79 Å². The van der Waals surface area contributed by atoms with Crippen molar-refractivity contribution < 1.29 is 4.79 Å². The van der Waals surface area contributed by atoms with E-state index in [4.69, 9.17) is 18.0 Å². The molecule has 8 heteroatoms. The van der Waals surface area contributed by atoms with Gasteiger partial charge in [-0.1, -0.05) is 6.07 Å². The lowest BCUT2D eigenvalue weighted by atomic mass is 10.4. The molecule has 17 heavy (non-hydrogen) atoms. The maximum absolute atomic E-state index is 10.6. The number of nitrogens with one attached hydrogen (secondary N) is 2. The molecule has 2 rings (SSSR count). The summed E-state index contributed by atoms with van der Waals surface area (Å²) >= 11 is 6.71. The molecule has 2 amide bonds.